The van der Waals surface area contributed by atoms with Crippen LogP contribution in [0.5, 0.6) is 5.75 Å². The van der Waals surface area contributed by atoms with Crippen molar-refractivity contribution >= 4 is 5.78 Å². The Hall–Kier alpha value is -2.09. The predicted octanol–water partition coefficient (Wildman–Crippen LogP) is 3.49. The molecule has 0 amide bonds. The summed E-state index contributed by atoms with van der Waals surface area (Å²) in [7, 11) is 0. The fourth-order valence-corrected chi connectivity index (χ4v) is 1.84. The Morgan fingerprint density at radius 3 is 2.42 bits per heavy atom. The van der Waals surface area contributed by atoms with Crippen molar-refractivity contribution in [1.29, 1.82) is 0 Å². The molecule has 0 aromatic heterocycles. The van der Waals surface area contributed by atoms with Crippen LogP contribution >= 0.6 is 0 Å². The summed E-state index contributed by atoms with van der Waals surface area (Å²) in [6, 6.07) is 15.6. The highest BCUT2D eigenvalue weighted by atomic mass is 16.5. The smallest absolute Gasteiger partial charge is 0.174 e. The van der Waals surface area contributed by atoms with Crippen LogP contribution in [0.1, 0.15) is 16.7 Å². The number of hydrogen-bond acceptors (Lipinski definition) is 2. The van der Waals surface area contributed by atoms with E-state index in [9.17, 15) is 4.79 Å². The van der Waals surface area contributed by atoms with E-state index >= 15 is 0 Å². The van der Waals surface area contributed by atoms with E-state index in [1.807, 2.05) is 55.5 Å². The van der Waals surface area contributed by atoms with Crippen molar-refractivity contribution in [3.63, 3.8) is 0 Å². The molecule has 2 nitrogen and oxygen atoms in total. The Balaban J connectivity index is 1.88. The highest BCUT2D eigenvalue weighted by Gasteiger charge is 2.05. The van der Waals surface area contributed by atoms with Gasteiger partial charge in [-0.15, -0.1) is 0 Å². The molecule has 2 rings (SSSR count). The highest BCUT2D eigenvalue weighted by Crippen LogP contribution is 2.16. The molecule has 19 heavy (non-hydrogen) atoms. The largest absolute Gasteiger partial charge is 0.486 e. The second kappa shape index (κ2) is 6.19. The molecule has 0 fully saturated rings. The molecule has 0 saturated carbocycles. The normalized spacial score (nSPS) is 10.2. The van der Waals surface area contributed by atoms with Crippen LogP contribution < -0.4 is 4.74 Å². The van der Waals surface area contributed by atoms with E-state index in [4.69, 9.17) is 4.74 Å². The Labute approximate surface area is 114 Å². The lowest BCUT2D eigenvalue weighted by atomic mass is 10.1. The average molecular weight is 254 g/mol. The first-order valence-corrected chi connectivity index (χ1v) is 6.41. The minimum absolute atomic E-state index is 0.0874. The molecular formula is C17H18O2. The monoisotopic (exact) mass is 254 g/mol. The molecule has 0 heterocycles. The topological polar surface area (TPSA) is 26.3 Å². The second-order valence-electron chi connectivity index (χ2n) is 4.74. The van der Waals surface area contributed by atoms with Gasteiger partial charge in [0.25, 0.3) is 0 Å². The summed E-state index contributed by atoms with van der Waals surface area (Å²) in [5, 5.41) is 0. The Bertz CT molecular complexity index is 559. The molecule has 0 spiro atoms. The number of benzene rings is 2. The van der Waals surface area contributed by atoms with Crippen LogP contribution in [0.2, 0.25) is 0 Å². The van der Waals surface area contributed by atoms with Crippen molar-refractivity contribution in [2.24, 2.45) is 0 Å². The maximum absolute atomic E-state index is 11.8. The third-order valence-corrected chi connectivity index (χ3v) is 3.12. The molecule has 0 unspecified atom stereocenters. The van der Waals surface area contributed by atoms with Gasteiger partial charge in [0.15, 0.2) is 5.78 Å². The van der Waals surface area contributed by atoms with Crippen molar-refractivity contribution in [3.8, 4) is 5.75 Å². The summed E-state index contributed by atoms with van der Waals surface area (Å²) in [5.74, 6) is 0.842. The van der Waals surface area contributed by atoms with Crippen LogP contribution in [0.4, 0.5) is 0 Å². The molecule has 2 aromatic rings. The number of Topliss-reactive ketones (excluding diaryl/α,β-unsaturated/α-hetero) is 1. The standard InChI is InChI=1S/C17H18O2/c1-13-8-9-17(10-14(13)2)19-12-16(18)11-15-6-4-3-5-7-15/h3-10H,11-12H2,1-2H3. The molecule has 2 aromatic carbocycles. The predicted molar refractivity (Wildman–Crippen MR) is 76.6 cm³/mol. The van der Waals surface area contributed by atoms with Crippen LogP contribution in [-0.2, 0) is 11.2 Å². The second-order valence-corrected chi connectivity index (χ2v) is 4.74. The van der Waals surface area contributed by atoms with Gasteiger partial charge in [0, 0.05) is 6.42 Å². The van der Waals surface area contributed by atoms with E-state index in [1.165, 1.54) is 11.1 Å². The summed E-state index contributed by atoms with van der Waals surface area (Å²) in [6.07, 6.45) is 0.422. The number of ketones is 1. The van der Waals surface area contributed by atoms with Crippen LogP contribution in [0.25, 0.3) is 0 Å². The molecule has 0 aliphatic heterocycles. The first-order valence-electron chi connectivity index (χ1n) is 6.41. The molecule has 0 atom stereocenters. The zero-order valence-corrected chi connectivity index (χ0v) is 11.3. The molecule has 2 heteroatoms. The maximum atomic E-state index is 11.8. The van der Waals surface area contributed by atoms with Gasteiger partial charge in [-0.2, -0.15) is 0 Å². The van der Waals surface area contributed by atoms with Crippen molar-refractivity contribution < 1.29 is 9.53 Å². The molecule has 0 saturated heterocycles. The molecule has 0 N–H and O–H groups in total. The Kier molecular flexibility index (Phi) is 4.35. The fraction of sp³-hybridized carbons (Fsp3) is 0.235. The summed E-state index contributed by atoms with van der Waals surface area (Å²) in [6.45, 7) is 4.21. The molecule has 0 radical (unpaired) electrons. The van der Waals surface area contributed by atoms with Gasteiger partial charge in [0.2, 0.25) is 0 Å². The van der Waals surface area contributed by atoms with Gasteiger partial charge in [0.1, 0.15) is 12.4 Å². The molecule has 98 valence electrons. The van der Waals surface area contributed by atoms with E-state index < -0.39 is 0 Å². The fourth-order valence-electron chi connectivity index (χ4n) is 1.84. The summed E-state index contributed by atoms with van der Waals surface area (Å²) >= 11 is 0. The quantitative estimate of drug-likeness (QED) is 0.816. The van der Waals surface area contributed by atoms with E-state index in [-0.39, 0.29) is 12.4 Å². The number of carbonyl (C=O) groups excluding carboxylic acids is 1. The maximum Gasteiger partial charge on any atom is 0.174 e. The number of aryl methyl sites for hydroxylation is 2. The van der Waals surface area contributed by atoms with Gasteiger partial charge in [0.05, 0.1) is 0 Å². The van der Waals surface area contributed by atoms with E-state index in [1.54, 1.807) is 0 Å². The first-order chi connectivity index (χ1) is 9.15. The third kappa shape index (κ3) is 3.95. The summed E-state index contributed by atoms with van der Waals surface area (Å²) in [5.41, 5.74) is 3.42. The zero-order chi connectivity index (χ0) is 13.7. The van der Waals surface area contributed by atoms with Gasteiger partial charge in [-0.25, -0.2) is 0 Å². The Morgan fingerprint density at radius 2 is 1.74 bits per heavy atom. The zero-order valence-electron chi connectivity index (χ0n) is 11.3. The minimum atomic E-state index is 0.0874. The van der Waals surface area contributed by atoms with Crippen LogP contribution in [0.3, 0.4) is 0 Å². The van der Waals surface area contributed by atoms with Gasteiger partial charge in [-0.05, 0) is 42.7 Å². The van der Waals surface area contributed by atoms with Gasteiger partial charge in [-0.1, -0.05) is 36.4 Å². The lowest BCUT2D eigenvalue weighted by molar-refractivity contribution is -0.120. The van der Waals surface area contributed by atoms with Crippen molar-refractivity contribution in [1.82, 2.24) is 0 Å². The van der Waals surface area contributed by atoms with E-state index in [0.717, 1.165) is 11.3 Å². The van der Waals surface area contributed by atoms with Crippen LogP contribution in [0, 0.1) is 13.8 Å². The highest BCUT2D eigenvalue weighted by molar-refractivity contribution is 5.82. The number of carbonyl (C=O) groups is 1. The Morgan fingerprint density at radius 1 is 1.00 bits per heavy atom. The van der Waals surface area contributed by atoms with Gasteiger partial charge in [-0.3, -0.25) is 4.79 Å². The third-order valence-electron chi connectivity index (χ3n) is 3.12. The minimum Gasteiger partial charge on any atom is -0.486 e. The lowest BCUT2D eigenvalue weighted by Crippen LogP contribution is -2.13. The van der Waals surface area contributed by atoms with Crippen molar-refractivity contribution in [2.75, 3.05) is 6.61 Å². The van der Waals surface area contributed by atoms with Crippen molar-refractivity contribution in [3.05, 3.63) is 65.2 Å². The van der Waals surface area contributed by atoms with Gasteiger partial charge >= 0.3 is 0 Å². The summed E-state index contributed by atoms with van der Waals surface area (Å²) < 4.78 is 5.53. The molecule has 0 aliphatic carbocycles. The van der Waals surface area contributed by atoms with E-state index in [2.05, 4.69) is 6.92 Å². The molecule has 0 aliphatic rings. The molecular weight excluding hydrogens is 236 g/mol. The molecule has 0 bridgehead atoms. The van der Waals surface area contributed by atoms with Gasteiger partial charge < -0.3 is 4.74 Å². The number of hydrogen-bond donors (Lipinski definition) is 0. The van der Waals surface area contributed by atoms with Crippen molar-refractivity contribution in [2.45, 2.75) is 20.3 Å². The number of rotatable bonds is 5. The summed E-state index contributed by atoms with van der Waals surface area (Å²) in [4.78, 5) is 11.8. The SMILES string of the molecule is Cc1ccc(OCC(=O)Cc2ccccc2)cc1C. The van der Waals surface area contributed by atoms with E-state index in [0.29, 0.717) is 6.42 Å². The lowest BCUT2D eigenvalue weighted by Gasteiger charge is -2.07. The first kappa shape index (κ1) is 13.3. The number of ether oxygens (including phenoxy) is 1. The van der Waals surface area contributed by atoms with Crippen LogP contribution in [0.15, 0.2) is 48.5 Å². The van der Waals surface area contributed by atoms with Crippen LogP contribution in [-0.4, -0.2) is 12.4 Å². The average Bonchev–Trinajstić information content (AvgIpc) is 2.41.